The van der Waals surface area contributed by atoms with E-state index in [1.807, 2.05) is 11.0 Å². The van der Waals surface area contributed by atoms with Crippen molar-refractivity contribution in [1.29, 1.82) is 0 Å². The van der Waals surface area contributed by atoms with Gasteiger partial charge in [-0.3, -0.25) is 9.69 Å². The van der Waals surface area contributed by atoms with E-state index in [0.717, 1.165) is 25.2 Å². The van der Waals surface area contributed by atoms with E-state index >= 15 is 0 Å². The fraction of sp³-hybridized carbons (Fsp3) is 0.476. The normalized spacial score (nSPS) is 20.3. The van der Waals surface area contributed by atoms with Crippen LogP contribution < -0.4 is 4.90 Å². The Balaban J connectivity index is 1.32. The number of benzene rings is 1. The molecule has 0 N–H and O–H groups in total. The van der Waals surface area contributed by atoms with Crippen LogP contribution in [0.4, 0.5) is 10.1 Å². The highest BCUT2D eigenvalue weighted by Crippen LogP contribution is 2.25. The highest BCUT2D eigenvalue weighted by molar-refractivity contribution is 5.78. The maximum atomic E-state index is 14.6. The molecule has 7 nitrogen and oxygen atoms in total. The van der Waals surface area contributed by atoms with E-state index in [1.165, 1.54) is 6.07 Å². The second-order valence-corrected chi connectivity index (χ2v) is 7.49. The minimum absolute atomic E-state index is 0.157. The molecule has 0 spiro atoms. The first kappa shape index (κ1) is 19.7. The van der Waals surface area contributed by atoms with Crippen molar-refractivity contribution in [3.8, 4) is 11.4 Å². The van der Waals surface area contributed by atoms with Crippen LogP contribution >= 0.6 is 0 Å². The van der Waals surface area contributed by atoms with Crippen molar-refractivity contribution >= 4 is 11.6 Å². The first-order valence-electron chi connectivity index (χ1n) is 9.99. The fourth-order valence-corrected chi connectivity index (χ4v) is 3.96. The minimum atomic E-state index is -0.339. The van der Waals surface area contributed by atoms with E-state index in [0.29, 0.717) is 44.1 Å². The Morgan fingerprint density at radius 2 is 1.93 bits per heavy atom. The van der Waals surface area contributed by atoms with Gasteiger partial charge in [-0.05, 0) is 30.7 Å². The van der Waals surface area contributed by atoms with Crippen molar-refractivity contribution in [3.63, 3.8) is 0 Å². The van der Waals surface area contributed by atoms with Crippen LogP contribution in [0.15, 0.2) is 36.7 Å². The largest absolute Gasteiger partial charge is 0.380 e. The number of carbonyl (C=O) groups excluding carboxylic acids is 1. The van der Waals surface area contributed by atoms with E-state index in [1.54, 1.807) is 31.6 Å². The first-order valence-corrected chi connectivity index (χ1v) is 9.99. The molecule has 154 valence electrons. The predicted molar refractivity (Wildman–Crippen MR) is 108 cm³/mol. The van der Waals surface area contributed by atoms with Gasteiger partial charge < -0.3 is 14.5 Å². The third-order valence-corrected chi connectivity index (χ3v) is 5.68. The van der Waals surface area contributed by atoms with E-state index in [9.17, 15) is 9.18 Å². The second kappa shape index (κ2) is 8.84. The number of aromatic nitrogens is 2. The molecule has 2 aliphatic heterocycles. The van der Waals surface area contributed by atoms with E-state index in [-0.39, 0.29) is 17.8 Å². The molecule has 4 rings (SSSR count). The van der Waals surface area contributed by atoms with E-state index < -0.39 is 0 Å². The quantitative estimate of drug-likeness (QED) is 0.762. The molecule has 0 bridgehead atoms. The summed E-state index contributed by atoms with van der Waals surface area (Å²) in [6.07, 6.45) is 4.42. The third kappa shape index (κ3) is 4.54. The zero-order chi connectivity index (χ0) is 20.2. The standard InChI is InChI=1S/C21H26FN5O2/c1-29-17-5-8-25(14-17)15-20(28)27-11-9-26(10-12-27)16-3-4-18(19(22)13-16)21-23-6-2-7-24-21/h2-4,6-7,13,17H,5,8-12,14-15H2,1H3/t17-/m0/s1. The van der Waals surface area contributed by atoms with Gasteiger partial charge >= 0.3 is 0 Å². The van der Waals surface area contributed by atoms with Gasteiger partial charge in [0, 0.05) is 64.5 Å². The van der Waals surface area contributed by atoms with Gasteiger partial charge in [0.1, 0.15) is 5.82 Å². The third-order valence-electron chi connectivity index (χ3n) is 5.68. The topological polar surface area (TPSA) is 61.8 Å². The second-order valence-electron chi connectivity index (χ2n) is 7.49. The number of likely N-dealkylation sites (tertiary alicyclic amines) is 1. The molecule has 2 saturated heterocycles. The van der Waals surface area contributed by atoms with E-state index in [4.69, 9.17) is 4.74 Å². The van der Waals surface area contributed by atoms with Crippen LogP contribution in [0.2, 0.25) is 0 Å². The summed E-state index contributed by atoms with van der Waals surface area (Å²) in [5.41, 5.74) is 1.21. The van der Waals surface area contributed by atoms with Crippen LogP contribution in [0, 0.1) is 5.82 Å². The van der Waals surface area contributed by atoms with Crippen LogP contribution in [0.3, 0.4) is 0 Å². The number of rotatable bonds is 5. The summed E-state index contributed by atoms with van der Waals surface area (Å²) >= 11 is 0. The van der Waals surface area contributed by atoms with Crippen LogP contribution in [0.5, 0.6) is 0 Å². The first-order chi connectivity index (χ1) is 14.1. The van der Waals surface area contributed by atoms with Crippen molar-refractivity contribution in [3.05, 3.63) is 42.5 Å². The summed E-state index contributed by atoms with van der Waals surface area (Å²) in [6, 6.07) is 6.84. The molecule has 1 atom stereocenters. The van der Waals surface area contributed by atoms with Crippen molar-refractivity contribution < 1.29 is 13.9 Å². The zero-order valence-electron chi connectivity index (χ0n) is 16.6. The Hall–Kier alpha value is -2.58. The molecule has 29 heavy (non-hydrogen) atoms. The average molecular weight is 399 g/mol. The Labute approximate surface area is 170 Å². The molecule has 0 aliphatic carbocycles. The molecule has 1 aromatic carbocycles. The smallest absolute Gasteiger partial charge is 0.236 e. The number of halogens is 1. The maximum absolute atomic E-state index is 14.6. The molecule has 2 fully saturated rings. The molecular formula is C21H26FN5O2. The molecule has 1 amide bonds. The summed E-state index contributed by atoms with van der Waals surface area (Å²) in [4.78, 5) is 27.0. The molecule has 1 aromatic heterocycles. The van der Waals surface area contributed by atoms with Crippen molar-refractivity contribution in [1.82, 2.24) is 19.8 Å². The average Bonchev–Trinajstić information content (AvgIpc) is 3.22. The Bertz CT molecular complexity index is 842. The van der Waals surface area contributed by atoms with E-state index in [2.05, 4.69) is 19.8 Å². The number of hydrogen-bond donors (Lipinski definition) is 0. The summed E-state index contributed by atoms with van der Waals surface area (Å²) in [7, 11) is 1.72. The summed E-state index contributed by atoms with van der Waals surface area (Å²) in [5, 5.41) is 0. The van der Waals surface area contributed by atoms with Gasteiger partial charge in [0.15, 0.2) is 5.82 Å². The van der Waals surface area contributed by atoms with Crippen molar-refractivity contribution in [2.24, 2.45) is 0 Å². The van der Waals surface area contributed by atoms with Gasteiger partial charge in [0.2, 0.25) is 5.91 Å². The molecule has 8 heteroatoms. The maximum Gasteiger partial charge on any atom is 0.236 e. The molecular weight excluding hydrogens is 373 g/mol. The van der Waals surface area contributed by atoms with Gasteiger partial charge in [0.25, 0.3) is 0 Å². The number of piperazine rings is 1. The summed E-state index contributed by atoms with van der Waals surface area (Å²) in [6.45, 7) is 4.83. The summed E-state index contributed by atoms with van der Waals surface area (Å²) in [5.74, 6) is 0.197. The molecule has 0 radical (unpaired) electrons. The summed E-state index contributed by atoms with van der Waals surface area (Å²) < 4.78 is 20.0. The van der Waals surface area contributed by atoms with Gasteiger partial charge in [-0.25, -0.2) is 14.4 Å². The SMILES string of the molecule is CO[C@H]1CCN(CC(=O)N2CCN(c3ccc(-c4ncccn4)c(F)c3)CC2)C1. The molecule has 3 heterocycles. The number of anilines is 1. The number of carbonyl (C=O) groups is 1. The lowest BCUT2D eigenvalue weighted by atomic mass is 10.1. The lowest BCUT2D eigenvalue weighted by molar-refractivity contribution is -0.132. The fourth-order valence-electron chi connectivity index (χ4n) is 3.96. The van der Waals surface area contributed by atoms with Crippen LogP contribution in [0.25, 0.3) is 11.4 Å². The van der Waals surface area contributed by atoms with Gasteiger partial charge in [-0.2, -0.15) is 0 Å². The van der Waals surface area contributed by atoms with Crippen LogP contribution in [-0.4, -0.2) is 84.7 Å². The van der Waals surface area contributed by atoms with Gasteiger partial charge in [-0.15, -0.1) is 0 Å². The lowest BCUT2D eigenvalue weighted by Crippen LogP contribution is -2.51. The molecule has 0 saturated carbocycles. The number of methoxy groups -OCH3 is 1. The van der Waals surface area contributed by atoms with Crippen LogP contribution in [-0.2, 0) is 9.53 Å². The lowest BCUT2D eigenvalue weighted by Gasteiger charge is -2.36. The monoisotopic (exact) mass is 399 g/mol. The molecule has 2 aliphatic rings. The molecule has 0 unspecified atom stereocenters. The Kier molecular flexibility index (Phi) is 6.01. The number of amides is 1. The van der Waals surface area contributed by atoms with Crippen molar-refractivity contribution in [2.45, 2.75) is 12.5 Å². The number of nitrogens with zero attached hydrogens (tertiary/aromatic N) is 5. The minimum Gasteiger partial charge on any atom is -0.380 e. The number of ether oxygens (including phenoxy) is 1. The highest BCUT2D eigenvalue weighted by Gasteiger charge is 2.27. The highest BCUT2D eigenvalue weighted by atomic mass is 19.1. The van der Waals surface area contributed by atoms with Gasteiger partial charge in [-0.1, -0.05) is 0 Å². The predicted octanol–water partition coefficient (Wildman–Crippen LogP) is 1.65. The number of hydrogen-bond acceptors (Lipinski definition) is 6. The van der Waals surface area contributed by atoms with Crippen molar-refractivity contribution in [2.75, 3.05) is 57.8 Å². The zero-order valence-corrected chi connectivity index (χ0v) is 16.6. The Morgan fingerprint density at radius 1 is 1.17 bits per heavy atom. The Morgan fingerprint density at radius 3 is 2.59 bits per heavy atom. The van der Waals surface area contributed by atoms with Crippen LogP contribution in [0.1, 0.15) is 6.42 Å². The van der Waals surface area contributed by atoms with Gasteiger partial charge in [0.05, 0.1) is 18.2 Å². The molecule has 2 aromatic rings.